The largest absolute Gasteiger partial charge is 0.506 e. The summed E-state index contributed by atoms with van der Waals surface area (Å²) in [5.74, 6) is -0.808. The molecule has 1 amide bonds. The molecule has 31 heavy (non-hydrogen) atoms. The van der Waals surface area contributed by atoms with Gasteiger partial charge in [0, 0.05) is 12.7 Å². The van der Waals surface area contributed by atoms with Crippen LogP contribution in [0.5, 0.6) is 0 Å². The number of ether oxygens (including phenoxy) is 2. The van der Waals surface area contributed by atoms with E-state index in [2.05, 4.69) is 5.32 Å². The highest BCUT2D eigenvalue weighted by molar-refractivity contribution is 7.90. The molecule has 0 aliphatic carbocycles. The van der Waals surface area contributed by atoms with Crippen LogP contribution in [0.3, 0.4) is 0 Å². The molecule has 0 heterocycles. The zero-order valence-electron chi connectivity index (χ0n) is 17.1. The highest BCUT2D eigenvalue weighted by Gasteiger charge is 2.29. The second-order valence-corrected chi connectivity index (χ2v) is 10.0. The van der Waals surface area contributed by atoms with E-state index in [4.69, 9.17) is 37.8 Å². The van der Waals surface area contributed by atoms with Crippen LogP contribution in [0, 0.1) is 0 Å². The van der Waals surface area contributed by atoms with E-state index in [-0.39, 0.29) is 24.3 Å². The van der Waals surface area contributed by atoms with E-state index in [0.717, 1.165) is 11.8 Å². The van der Waals surface area contributed by atoms with Crippen molar-refractivity contribution in [3.05, 3.63) is 29.8 Å². The lowest BCUT2D eigenvalue weighted by Crippen LogP contribution is -2.48. The van der Waals surface area contributed by atoms with Crippen LogP contribution in [-0.4, -0.2) is 61.8 Å². The number of benzene rings is 1. The third kappa shape index (κ3) is 11.0. The Morgan fingerprint density at radius 3 is 2.29 bits per heavy atom. The fourth-order valence-electron chi connectivity index (χ4n) is 2.61. The average molecular weight is 502 g/mol. The molecule has 0 radical (unpaired) electrons. The summed E-state index contributed by atoms with van der Waals surface area (Å²) in [6.07, 6.45) is -2.82. The molecule has 0 fully saturated rings. The second-order valence-electron chi connectivity index (χ2n) is 6.90. The minimum absolute atomic E-state index is 0.0318. The number of hydrogen-bond acceptors (Lipinski definition) is 6. The smallest absolute Gasteiger partial charge is 0.450 e. The number of rotatable bonds is 13. The second kappa shape index (κ2) is 13.0. The predicted octanol–water partition coefficient (Wildman–Crippen LogP) is 3.49. The highest BCUT2D eigenvalue weighted by Crippen LogP contribution is 2.17. The standard InChI is InChI=1S/C19H26Cl2FNO7S/c1-12(22)10-11-29-18(23-17(24)16(20)21)15(30-19(25)26)5-3-4-13-6-8-14(9-7-13)31(2,27)28/h6-9,12,15-16,18H,3-5,10-11H2,1-2H3,(H,23,24)(H,25,26)/t12?,15-,18+/m1/s1. The normalized spacial score (nSPS) is 14.6. The van der Waals surface area contributed by atoms with Crippen LogP contribution in [0.25, 0.3) is 0 Å². The first-order chi connectivity index (χ1) is 14.4. The third-order valence-electron chi connectivity index (χ3n) is 4.19. The molecule has 0 aliphatic rings. The van der Waals surface area contributed by atoms with Crippen LogP contribution in [0.1, 0.15) is 31.7 Å². The van der Waals surface area contributed by atoms with Gasteiger partial charge in [-0.05, 0) is 43.9 Å². The molecule has 0 aromatic heterocycles. The molecule has 1 unspecified atom stereocenters. The van der Waals surface area contributed by atoms with Gasteiger partial charge in [-0.15, -0.1) is 0 Å². The fraction of sp³-hybridized carbons (Fsp3) is 0.579. The van der Waals surface area contributed by atoms with Crippen molar-refractivity contribution < 1.29 is 37.0 Å². The highest BCUT2D eigenvalue weighted by atomic mass is 35.5. The van der Waals surface area contributed by atoms with Crippen molar-refractivity contribution in [2.75, 3.05) is 12.9 Å². The Bertz CT molecular complexity index is 819. The first kappa shape index (κ1) is 27.4. The van der Waals surface area contributed by atoms with Gasteiger partial charge in [-0.2, -0.15) is 0 Å². The number of nitrogens with one attached hydrogen (secondary N) is 1. The molecule has 3 atom stereocenters. The Labute approximate surface area is 190 Å². The molecule has 0 bridgehead atoms. The average Bonchev–Trinajstić information content (AvgIpc) is 2.65. The van der Waals surface area contributed by atoms with E-state index in [1.807, 2.05) is 0 Å². The molecule has 1 rings (SSSR count). The minimum Gasteiger partial charge on any atom is -0.450 e. The maximum absolute atomic E-state index is 13.1. The van der Waals surface area contributed by atoms with Gasteiger partial charge >= 0.3 is 6.16 Å². The maximum Gasteiger partial charge on any atom is 0.506 e. The van der Waals surface area contributed by atoms with E-state index in [9.17, 15) is 22.4 Å². The van der Waals surface area contributed by atoms with Gasteiger partial charge in [0.15, 0.2) is 20.9 Å². The summed E-state index contributed by atoms with van der Waals surface area (Å²) in [6, 6.07) is 6.29. The van der Waals surface area contributed by atoms with Crippen LogP contribution in [0.4, 0.5) is 9.18 Å². The number of amides is 1. The van der Waals surface area contributed by atoms with Crippen LogP contribution < -0.4 is 5.32 Å². The van der Waals surface area contributed by atoms with Gasteiger partial charge in [0.1, 0.15) is 6.10 Å². The van der Waals surface area contributed by atoms with Crippen LogP contribution in [-0.2, 0) is 30.5 Å². The lowest BCUT2D eigenvalue weighted by atomic mass is 10.0. The lowest BCUT2D eigenvalue weighted by molar-refractivity contribution is -0.130. The maximum atomic E-state index is 13.1. The number of hydrogen-bond donors (Lipinski definition) is 2. The van der Waals surface area contributed by atoms with Crippen molar-refractivity contribution in [3.63, 3.8) is 0 Å². The topological polar surface area (TPSA) is 119 Å². The van der Waals surface area contributed by atoms with Crippen molar-refractivity contribution in [2.24, 2.45) is 0 Å². The summed E-state index contributed by atoms with van der Waals surface area (Å²) in [6.45, 7) is 1.25. The van der Waals surface area contributed by atoms with E-state index in [1.165, 1.54) is 19.1 Å². The summed E-state index contributed by atoms with van der Waals surface area (Å²) >= 11 is 11.1. The van der Waals surface area contributed by atoms with Gasteiger partial charge in [0.2, 0.25) is 0 Å². The SMILES string of the molecule is CC(F)CCO[C@H](NC(=O)C(Cl)Cl)[C@@H](CCCc1ccc(S(C)(=O)=O)cc1)OC(=O)O. The monoisotopic (exact) mass is 501 g/mol. The van der Waals surface area contributed by atoms with Crippen LogP contribution >= 0.6 is 23.2 Å². The quantitative estimate of drug-likeness (QED) is 0.241. The van der Waals surface area contributed by atoms with Crippen LogP contribution in [0.2, 0.25) is 0 Å². The zero-order valence-corrected chi connectivity index (χ0v) is 19.4. The number of sulfone groups is 1. The van der Waals surface area contributed by atoms with Gasteiger partial charge in [-0.3, -0.25) is 4.79 Å². The predicted molar refractivity (Wildman–Crippen MR) is 114 cm³/mol. The number of carbonyl (C=O) groups excluding carboxylic acids is 1. The van der Waals surface area contributed by atoms with Crippen molar-refractivity contribution in [1.82, 2.24) is 5.32 Å². The van der Waals surface area contributed by atoms with Gasteiger partial charge < -0.3 is 19.9 Å². The van der Waals surface area contributed by atoms with E-state index in [1.54, 1.807) is 12.1 Å². The molecule has 8 nitrogen and oxygen atoms in total. The number of halogens is 3. The number of aryl methyl sites for hydroxylation is 1. The van der Waals surface area contributed by atoms with E-state index < -0.39 is 45.2 Å². The number of carbonyl (C=O) groups is 2. The molecule has 2 N–H and O–H groups in total. The van der Waals surface area contributed by atoms with Crippen LogP contribution in [0.15, 0.2) is 29.2 Å². The molecule has 1 aromatic rings. The summed E-state index contributed by atoms with van der Waals surface area (Å²) in [5.41, 5.74) is 0.829. The fourth-order valence-corrected chi connectivity index (χ4v) is 3.37. The van der Waals surface area contributed by atoms with Gasteiger partial charge in [0.25, 0.3) is 5.91 Å². The molecule has 176 valence electrons. The molecule has 0 aliphatic heterocycles. The number of carboxylic acid groups (broad SMARTS) is 1. The molecular formula is C19H26Cl2FNO7S. The molecular weight excluding hydrogens is 476 g/mol. The minimum atomic E-state index is -3.30. The summed E-state index contributed by atoms with van der Waals surface area (Å²) in [4.78, 5) is 21.8. The van der Waals surface area contributed by atoms with E-state index in [0.29, 0.717) is 12.8 Å². The van der Waals surface area contributed by atoms with E-state index >= 15 is 0 Å². The Morgan fingerprint density at radius 1 is 1.19 bits per heavy atom. The van der Waals surface area contributed by atoms with Gasteiger partial charge in [0.05, 0.1) is 17.7 Å². The Balaban J connectivity index is 2.82. The Hall–Kier alpha value is -1.62. The molecule has 12 heteroatoms. The van der Waals surface area contributed by atoms with Crippen molar-refractivity contribution in [2.45, 2.75) is 60.8 Å². The third-order valence-corrected chi connectivity index (χ3v) is 5.72. The van der Waals surface area contributed by atoms with Gasteiger partial charge in [-0.25, -0.2) is 17.6 Å². The molecule has 0 saturated heterocycles. The molecule has 0 saturated carbocycles. The first-order valence-corrected chi connectivity index (χ1v) is 12.2. The number of alkyl halides is 3. The van der Waals surface area contributed by atoms with Crippen molar-refractivity contribution in [1.29, 1.82) is 0 Å². The molecule has 0 spiro atoms. The Kier molecular flexibility index (Phi) is 11.5. The summed E-state index contributed by atoms with van der Waals surface area (Å²) < 4.78 is 46.4. The molecule has 1 aromatic carbocycles. The van der Waals surface area contributed by atoms with Gasteiger partial charge in [-0.1, -0.05) is 35.3 Å². The summed E-state index contributed by atoms with van der Waals surface area (Å²) in [5, 5.41) is 11.4. The Morgan fingerprint density at radius 2 is 1.81 bits per heavy atom. The van der Waals surface area contributed by atoms with Crippen molar-refractivity contribution >= 4 is 45.1 Å². The first-order valence-electron chi connectivity index (χ1n) is 9.43. The zero-order chi connectivity index (χ0) is 23.6. The lowest BCUT2D eigenvalue weighted by Gasteiger charge is -2.27. The van der Waals surface area contributed by atoms with Crippen molar-refractivity contribution in [3.8, 4) is 0 Å². The summed E-state index contributed by atoms with van der Waals surface area (Å²) in [7, 11) is -3.30.